The summed E-state index contributed by atoms with van der Waals surface area (Å²) < 4.78 is 1.15. The van der Waals surface area contributed by atoms with Crippen LogP contribution in [0.15, 0.2) is 42.5 Å². The van der Waals surface area contributed by atoms with Gasteiger partial charge in [0.05, 0.1) is 16.3 Å². The fourth-order valence-electron chi connectivity index (χ4n) is 3.78. The molecule has 1 unspecified atom stereocenters. The highest BCUT2D eigenvalue weighted by atomic mass is 32.1. The summed E-state index contributed by atoms with van der Waals surface area (Å²) in [5.74, 6) is 0.0890. The van der Waals surface area contributed by atoms with Crippen molar-refractivity contribution in [2.45, 2.75) is 45.6 Å². The number of benzene rings is 2. The molecule has 0 saturated carbocycles. The first-order chi connectivity index (χ1) is 13.5. The van der Waals surface area contributed by atoms with E-state index in [-0.39, 0.29) is 30.6 Å². The van der Waals surface area contributed by atoms with Crippen LogP contribution in [0, 0.1) is 13.8 Å². The number of likely N-dealkylation sites (tertiary alicyclic amines) is 1. The van der Waals surface area contributed by atoms with Crippen molar-refractivity contribution in [3.05, 3.63) is 64.2 Å². The van der Waals surface area contributed by atoms with Crippen molar-refractivity contribution in [1.29, 1.82) is 0 Å². The fraction of sp³-hybridized carbons (Fsp3) is 0.348. The zero-order valence-corrected chi connectivity index (χ0v) is 17.1. The molecule has 0 spiro atoms. The van der Waals surface area contributed by atoms with Crippen LogP contribution in [0.25, 0.3) is 10.2 Å². The SMILES string of the molecule is Cc1ccc(C(=O)CCC(=O)N2CCCC2c2nc3ccccc3s2)cc1C. The summed E-state index contributed by atoms with van der Waals surface area (Å²) in [4.78, 5) is 32.0. The number of amides is 1. The second-order valence-electron chi connectivity index (χ2n) is 7.49. The zero-order chi connectivity index (χ0) is 19.7. The van der Waals surface area contributed by atoms with Crippen LogP contribution < -0.4 is 0 Å². The normalized spacial score (nSPS) is 16.6. The minimum absolute atomic E-state index is 0.0344. The average molecular weight is 393 g/mol. The number of fused-ring (bicyclic) bond motifs is 1. The minimum atomic E-state index is 0.0344. The first-order valence-electron chi connectivity index (χ1n) is 9.78. The number of hydrogen-bond acceptors (Lipinski definition) is 4. The summed E-state index contributed by atoms with van der Waals surface area (Å²) in [5.41, 5.74) is 3.96. The predicted molar refractivity (Wildman–Crippen MR) is 113 cm³/mol. The Hall–Kier alpha value is -2.53. The number of rotatable bonds is 5. The molecule has 2 aromatic carbocycles. The molecule has 4 rings (SSSR count). The maximum atomic E-state index is 12.9. The number of hydrogen-bond donors (Lipinski definition) is 0. The van der Waals surface area contributed by atoms with Gasteiger partial charge in [0.1, 0.15) is 5.01 Å². The van der Waals surface area contributed by atoms with Crippen LogP contribution >= 0.6 is 11.3 Å². The van der Waals surface area contributed by atoms with E-state index in [1.54, 1.807) is 11.3 Å². The highest BCUT2D eigenvalue weighted by Gasteiger charge is 2.32. The van der Waals surface area contributed by atoms with Crippen LogP contribution in [0.3, 0.4) is 0 Å². The molecule has 5 heteroatoms. The molecule has 0 aliphatic carbocycles. The number of aryl methyl sites for hydroxylation is 2. The summed E-state index contributed by atoms with van der Waals surface area (Å²) in [7, 11) is 0. The molecule has 1 fully saturated rings. The molecule has 2 heterocycles. The van der Waals surface area contributed by atoms with Gasteiger partial charge in [-0.3, -0.25) is 9.59 Å². The third-order valence-electron chi connectivity index (χ3n) is 5.56. The lowest BCUT2D eigenvalue weighted by atomic mass is 10.0. The van der Waals surface area contributed by atoms with Crippen LogP contribution in [0.1, 0.15) is 58.2 Å². The van der Waals surface area contributed by atoms with Gasteiger partial charge in [0.15, 0.2) is 5.78 Å². The smallest absolute Gasteiger partial charge is 0.223 e. The van der Waals surface area contributed by atoms with Crippen molar-refractivity contribution in [1.82, 2.24) is 9.88 Å². The third kappa shape index (κ3) is 3.72. The number of nitrogens with zero attached hydrogens (tertiary/aromatic N) is 2. The fourth-order valence-corrected chi connectivity index (χ4v) is 4.89. The molecule has 1 atom stereocenters. The van der Waals surface area contributed by atoms with Gasteiger partial charge in [0.2, 0.25) is 5.91 Å². The average Bonchev–Trinajstić information content (AvgIpc) is 3.34. The number of ketones is 1. The summed E-state index contributed by atoms with van der Waals surface area (Å²) >= 11 is 1.67. The second-order valence-corrected chi connectivity index (χ2v) is 8.55. The van der Waals surface area contributed by atoms with Gasteiger partial charge in [-0.25, -0.2) is 4.98 Å². The highest BCUT2D eigenvalue weighted by molar-refractivity contribution is 7.18. The Morgan fingerprint density at radius 3 is 2.71 bits per heavy atom. The van der Waals surface area contributed by atoms with E-state index >= 15 is 0 Å². The molecular formula is C23H24N2O2S. The third-order valence-corrected chi connectivity index (χ3v) is 6.70. The number of carbonyl (C=O) groups excluding carboxylic acids is 2. The lowest BCUT2D eigenvalue weighted by molar-refractivity contribution is -0.132. The molecule has 1 aromatic heterocycles. The first kappa shape index (κ1) is 18.8. The van der Waals surface area contributed by atoms with Crippen molar-refractivity contribution in [2.75, 3.05) is 6.54 Å². The molecule has 144 valence electrons. The Bertz CT molecular complexity index is 1010. The van der Waals surface area contributed by atoms with Crippen molar-refractivity contribution < 1.29 is 9.59 Å². The van der Waals surface area contributed by atoms with Crippen molar-refractivity contribution >= 4 is 33.2 Å². The lowest BCUT2D eigenvalue weighted by Gasteiger charge is -2.23. The number of para-hydroxylation sites is 1. The number of thiazole rings is 1. The van der Waals surface area contributed by atoms with Crippen LogP contribution in [-0.4, -0.2) is 28.1 Å². The van der Waals surface area contributed by atoms with Gasteiger partial charge in [-0.1, -0.05) is 24.3 Å². The van der Waals surface area contributed by atoms with E-state index in [9.17, 15) is 9.59 Å². The first-order valence-corrected chi connectivity index (χ1v) is 10.6. The quantitative estimate of drug-likeness (QED) is 0.558. The van der Waals surface area contributed by atoms with Gasteiger partial charge in [0.25, 0.3) is 0 Å². The molecule has 0 N–H and O–H groups in total. The Labute approximate surface area is 169 Å². The monoisotopic (exact) mass is 392 g/mol. The van der Waals surface area contributed by atoms with Gasteiger partial charge in [0, 0.05) is 24.9 Å². The molecule has 1 aliphatic rings. The van der Waals surface area contributed by atoms with E-state index < -0.39 is 0 Å². The molecule has 1 amide bonds. The zero-order valence-electron chi connectivity index (χ0n) is 16.3. The molecular weight excluding hydrogens is 368 g/mol. The van der Waals surface area contributed by atoms with E-state index in [4.69, 9.17) is 4.98 Å². The summed E-state index contributed by atoms with van der Waals surface area (Å²) in [5, 5.41) is 1.01. The highest BCUT2D eigenvalue weighted by Crippen LogP contribution is 2.36. The number of Topliss-reactive ketones (excluding diaryl/α,β-unsaturated/α-hetero) is 1. The van der Waals surface area contributed by atoms with Crippen LogP contribution in [0.2, 0.25) is 0 Å². The van der Waals surface area contributed by atoms with Crippen molar-refractivity contribution in [2.24, 2.45) is 0 Å². The Kier molecular flexibility index (Phi) is 5.27. The largest absolute Gasteiger partial charge is 0.333 e. The molecule has 0 radical (unpaired) electrons. The van der Waals surface area contributed by atoms with Crippen molar-refractivity contribution in [3.8, 4) is 0 Å². The summed E-state index contributed by atoms with van der Waals surface area (Å²) in [6.07, 6.45) is 2.44. The van der Waals surface area contributed by atoms with Crippen LogP contribution in [0.5, 0.6) is 0 Å². The number of aromatic nitrogens is 1. The van der Waals surface area contributed by atoms with E-state index in [0.717, 1.165) is 40.2 Å². The van der Waals surface area contributed by atoms with Gasteiger partial charge < -0.3 is 4.90 Å². The van der Waals surface area contributed by atoms with Gasteiger partial charge in [-0.2, -0.15) is 0 Å². The van der Waals surface area contributed by atoms with E-state index in [1.807, 2.05) is 55.1 Å². The predicted octanol–water partition coefficient (Wildman–Crippen LogP) is 5.24. The molecule has 1 aliphatic heterocycles. The Balaban J connectivity index is 1.43. The van der Waals surface area contributed by atoms with E-state index in [2.05, 4.69) is 6.07 Å². The molecule has 4 nitrogen and oxygen atoms in total. The lowest BCUT2D eigenvalue weighted by Crippen LogP contribution is -2.30. The minimum Gasteiger partial charge on any atom is -0.333 e. The standard InChI is InChI=1S/C23H24N2O2S/c1-15-9-10-17(14-16(15)2)20(26)11-12-22(27)25-13-5-7-19(25)23-24-18-6-3-4-8-21(18)28-23/h3-4,6,8-10,14,19H,5,7,11-13H2,1-2H3. The van der Waals surface area contributed by atoms with Gasteiger partial charge in [-0.15, -0.1) is 11.3 Å². The Morgan fingerprint density at radius 1 is 1.11 bits per heavy atom. The van der Waals surface area contributed by atoms with Crippen molar-refractivity contribution in [3.63, 3.8) is 0 Å². The van der Waals surface area contributed by atoms with Gasteiger partial charge >= 0.3 is 0 Å². The number of carbonyl (C=O) groups is 2. The molecule has 28 heavy (non-hydrogen) atoms. The maximum Gasteiger partial charge on any atom is 0.223 e. The second kappa shape index (κ2) is 7.84. The summed E-state index contributed by atoms with van der Waals surface area (Å²) in [6, 6.07) is 13.9. The van der Waals surface area contributed by atoms with E-state index in [1.165, 1.54) is 5.56 Å². The maximum absolute atomic E-state index is 12.9. The van der Waals surface area contributed by atoms with Crippen LogP contribution in [-0.2, 0) is 4.79 Å². The summed E-state index contributed by atoms with van der Waals surface area (Å²) in [6.45, 7) is 4.78. The topological polar surface area (TPSA) is 50.3 Å². The molecule has 3 aromatic rings. The van der Waals surface area contributed by atoms with E-state index in [0.29, 0.717) is 5.56 Å². The van der Waals surface area contributed by atoms with Gasteiger partial charge in [-0.05, 0) is 56.0 Å². The molecule has 1 saturated heterocycles. The Morgan fingerprint density at radius 2 is 1.93 bits per heavy atom. The molecule has 0 bridgehead atoms. The van der Waals surface area contributed by atoms with Crippen LogP contribution in [0.4, 0.5) is 0 Å².